The number of amides is 1. The number of aryl methyl sites for hydroxylation is 3. The molecule has 0 spiro atoms. The van der Waals surface area contributed by atoms with Gasteiger partial charge in [0, 0.05) is 33.8 Å². The summed E-state index contributed by atoms with van der Waals surface area (Å²) in [6, 6.07) is 7.36. The summed E-state index contributed by atoms with van der Waals surface area (Å²) in [5.41, 5.74) is 2.55. The first-order valence-corrected chi connectivity index (χ1v) is 11.0. The molecule has 3 aromatic heterocycles. The van der Waals surface area contributed by atoms with Gasteiger partial charge in [-0.15, -0.1) is 22.7 Å². The molecule has 0 saturated heterocycles. The van der Waals surface area contributed by atoms with E-state index in [1.807, 2.05) is 31.4 Å². The Morgan fingerprint density at radius 3 is 2.76 bits per heavy atom. The van der Waals surface area contributed by atoms with Gasteiger partial charge in [0.05, 0.1) is 17.4 Å². The van der Waals surface area contributed by atoms with Gasteiger partial charge in [0.25, 0.3) is 5.56 Å². The van der Waals surface area contributed by atoms with Gasteiger partial charge in [-0.25, -0.2) is 9.97 Å². The molecule has 3 heterocycles. The van der Waals surface area contributed by atoms with E-state index >= 15 is 0 Å². The number of rotatable bonds is 5. The zero-order valence-corrected chi connectivity index (χ0v) is 18.1. The largest absolute Gasteiger partial charge is 0.302 e. The Bertz CT molecular complexity index is 1260. The average molecular weight is 445 g/mol. The molecule has 9 heteroatoms. The van der Waals surface area contributed by atoms with E-state index in [2.05, 4.69) is 15.3 Å². The van der Waals surface area contributed by atoms with Gasteiger partial charge in [0.2, 0.25) is 5.91 Å². The quantitative estimate of drug-likeness (QED) is 0.476. The second-order valence-electron chi connectivity index (χ2n) is 6.55. The third kappa shape index (κ3) is 4.10. The molecule has 0 atom stereocenters. The standard InChI is InChI=1S/C20H17ClN4O2S2/c1-11-12(2)29-18-17(11)19(27)25(10-22-18)8-7-16(26)24-20-23-15(9-28-20)13-3-5-14(21)6-4-13/h3-6,9-10H,7-8H2,1-2H3,(H,23,24,26). The lowest BCUT2D eigenvalue weighted by Crippen LogP contribution is -2.23. The van der Waals surface area contributed by atoms with Crippen molar-refractivity contribution in [1.82, 2.24) is 14.5 Å². The van der Waals surface area contributed by atoms with Gasteiger partial charge < -0.3 is 5.32 Å². The number of nitrogens with zero attached hydrogens (tertiary/aromatic N) is 3. The number of hydrogen-bond donors (Lipinski definition) is 1. The topological polar surface area (TPSA) is 76.9 Å². The fourth-order valence-corrected chi connectivity index (χ4v) is 4.77. The predicted octanol–water partition coefficient (Wildman–Crippen LogP) is 4.88. The highest BCUT2D eigenvalue weighted by molar-refractivity contribution is 7.18. The minimum absolute atomic E-state index is 0.107. The number of benzene rings is 1. The van der Waals surface area contributed by atoms with Crippen molar-refractivity contribution in [3.63, 3.8) is 0 Å². The van der Waals surface area contributed by atoms with Crippen molar-refractivity contribution in [1.29, 1.82) is 0 Å². The number of hydrogen-bond acceptors (Lipinski definition) is 6. The highest BCUT2D eigenvalue weighted by atomic mass is 35.5. The number of aromatic nitrogens is 3. The summed E-state index contributed by atoms with van der Waals surface area (Å²) < 4.78 is 1.49. The summed E-state index contributed by atoms with van der Waals surface area (Å²) in [5, 5.41) is 6.49. The van der Waals surface area contributed by atoms with E-state index in [0.717, 1.165) is 26.5 Å². The number of halogens is 1. The van der Waals surface area contributed by atoms with Crippen LogP contribution >= 0.6 is 34.3 Å². The zero-order chi connectivity index (χ0) is 20.5. The second kappa shape index (κ2) is 8.06. The Labute approximate surface area is 179 Å². The van der Waals surface area contributed by atoms with Crippen LogP contribution in [0.1, 0.15) is 16.9 Å². The maximum Gasteiger partial charge on any atom is 0.262 e. The summed E-state index contributed by atoms with van der Waals surface area (Å²) in [6.45, 7) is 4.16. The first-order valence-electron chi connectivity index (χ1n) is 8.89. The maximum absolute atomic E-state index is 12.7. The molecular weight excluding hydrogens is 428 g/mol. The van der Waals surface area contributed by atoms with Gasteiger partial charge in [0.1, 0.15) is 4.83 Å². The molecule has 148 valence electrons. The van der Waals surface area contributed by atoms with Gasteiger partial charge in [0.15, 0.2) is 5.13 Å². The smallest absolute Gasteiger partial charge is 0.262 e. The molecule has 0 unspecified atom stereocenters. The van der Waals surface area contributed by atoms with Crippen molar-refractivity contribution in [2.75, 3.05) is 5.32 Å². The Morgan fingerprint density at radius 1 is 1.24 bits per heavy atom. The van der Waals surface area contributed by atoms with Crippen LogP contribution in [0.2, 0.25) is 5.02 Å². The molecule has 0 saturated carbocycles. The van der Waals surface area contributed by atoms with Crippen LogP contribution in [0.5, 0.6) is 0 Å². The van der Waals surface area contributed by atoms with Crippen LogP contribution in [0.15, 0.2) is 40.8 Å². The molecule has 0 aliphatic heterocycles. The Hall–Kier alpha value is -2.55. The number of nitrogens with one attached hydrogen (secondary N) is 1. The van der Waals surface area contributed by atoms with Crippen molar-refractivity contribution in [3.8, 4) is 11.3 Å². The van der Waals surface area contributed by atoms with Crippen molar-refractivity contribution < 1.29 is 4.79 Å². The van der Waals surface area contributed by atoms with E-state index in [1.165, 1.54) is 33.6 Å². The van der Waals surface area contributed by atoms with E-state index in [9.17, 15) is 9.59 Å². The van der Waals surface area contributed by atoms with Crippen molar-refractivity contribution >= 4 is 55.5 Å². The molecule has 1 amide bonds. The van der Waals surface area contributed by atoms with E-state index in [1.54, 1.807) is 12.1 Å². The first kappa shape index (κ1) is 19.8. The van der Waals surface area contributed by atoms with Crippen LogP contribution in [0.3, 0.4) is 0 Å². The summed E-state index contributed by atoms with van der Waals surface area (Å²) >= 11 is 8.77. The van der Waals surface area contributed by atoms with E-state index in [4.69, 9.17) is 11.6 Å². The molecule has 0 aliphatic carbocycles. The lowest BCUT2D eigenvalue weighted by atomic mass is 10.2. The van der Waals surface area contributed by atoms with Gasteiger partial charge in [-0.1, -0.05) is 23.7 Å². The van der Waals surface area contributed by atoms with Gasteiger partial charge >= 0.3 is 0 Å². The number of fused-ring (bicyclic) bond motifs is 1. The SMILES string of the molecule is Cc1sc2ncn(CCC(=O)Nc3nc(-c4ccc(Cl)cc4)cs3)c(=O)c2c1C. The fourth-order valence-electron chi connectivity index (χ4n) is 2.92. The Balaban J connectivity index is 1.43. The molecule has 29 heavy (non-hydrogen) atoms. The van der Waals surface area contributed by atoms with Gasteiger partial charge in [-0.3, -0.25) is 14.2 Å². The van der Waals surface area contributed by atoms with Crippen molar-refractivity contribution in [3.05, 3.63) is 61.8 Å². The van der Waals surface area contributed by atoms with Gasteiger partial charge in [-0.2, -0.15) is 0 Å². The monoisotopic (exact) mass is 444 g/mol. The number of thiophene rings is 1. The number of carbonyl (C=O) groups is 1. The number of carbonyl (C=O) groups excluding carboxylic acids is 1. The van der Waals surface area contributed by atoms with Crippen LogP contribution < -0.4 is 10.9 Å². The third-order valence-corrected chi connectivity index (χ3v) is 6.75. The maximum atomic E-state index is 12.7. The molecule has 0 fully saturated rings. The highest BCUT2D eigenvalue weighted by Crippen LogP contribution is 2.27. The number of anilines is 1. The molecule has 0 bridgehead atoms. The minimum atomic E-state index is -0.202. The molecule has 1 N–H and O–H groups in total. The van der Waals surface area contributed by atoms with Crippen molar-refractivity contribution in [2.24, 2.45) is 0 Å². The number of thiazole rings is 1. The lowest BCUT2D eigenvalue weighted by Gasteiger charge is -2.05. The molecule has 0 aliphatic rings. The van der Waals surface area contributed by atoms with E-state index < -0.39 is 0 Å². The van der Waals surface area contributed by atoms with Crippen molar-refractivity contribution in [2.45, 2.75) is 26.8 Å². The van der Waals surface area contributed by atoms with Gasteiger partial charge in [-0.05, 0) is 31.5 Å². The van der Waals surface area contributed by atoms with Crippen LogP contribution in [-0.2, 0) is 11.3 Å². The molecule has 1 aromatic carbocycles. The molecule has 4 rings (SSSR count). The average Bonchev–Trinajstić information content (AvgIpc) is 3.27. The van der Waals surface area contributed by atoms with Crippen LogP contribution in [-0.4, -0.2) is 20.4 Å². The predicted molar refractivity (Wildman–Crippen MR) is 119 cm³/mol. The third-order valence-electron chi connectivity index (χ3n) is 4.63. The van der Waals surface area contributed by atoms with E-state index in [0.29, 0.717) is 15.5 Å². The summed E-state index contributed by atoms with van der Waals surface area (Å²) in [5.74, 6) is -0.202. The van der Waals surface area contributed by atoms with Crippen LogP contribution in [0, 0.1) is 13.8 Å². The lowest BCUT2D eigenvalue weighted by molar-refractivity contribution is -0.116. The molecule has 4 aromatic rings. The zero-order valence-electron chi connectivity index (χ0n) is 15.7. The molecule has 6 nitrogen and oxygen atoms in total. The minimum Gasteiger partial charge on any atom is -0.302 e. The Kier molecular flexibility index (Phi) is 5.49. The Morgan fingerprint density at radius 2 is 2.00 bits per heavy atom. The normalized spacial score (nSPS) is 11.1. The molecular formula is C20H17ClN4O2S2. The van der Waals surface area contributed by atoms with Crippen LogP contribution in [0.25, 0.3) is 21.5 Å². The summed E-state index contributed by atoms with van der Waals surface area (Å²) in [6.07, 6.45) is 1.67. The summed E-state index contributed by atoms with van der Waals surface area (Å²) in [7, 11) is 0. The highest BCUT2D eigenvalue weighted by Gasteiger charge is 2.13. The second-order valence-corrected chi connectivity index (χ2v) is 9.05. The fraction of sp³-hybridized carbons (Fsp3) is 0.200. The van der Waals surface area contributed by atoms with E-state index in [-0.39, 0.29) is 24.4 Å². The first-order chi connectivity index (χ1) is 13.9. The molecule has 0 radical (unpaired) electrons. The summed E-state index contributed by atoms with van der Waals surface area (Å²) in [4.78, 5) is 35.6. The van der Waals surface area contributed by atoms with Crippen LogP contribution in [0.4, 0.5) is 5.13 Å².